The summed E-state index contributed by atoms with van der Waals surface area (Å²) in [6, 6.07) is -0.981. The van der Waals surface area contributed by atoms with Crippen LogP contribution in [0, 0.1) is 0 Å². The maximum atomic E-state index is 12.8. The Balaban J connectivity index is 1.30. The van der Waals surface area contributed by atoms with E-state index in [-0.39, 0.29) is 21.9 Å². The van der Waals surface area contributed by atoms with E-state index in [1.807, 2.05) is 9.36 Å². The van der Waals surface area contributed by atoms with E-state index in [2.05, 4.69) is 24.8 Å². The van der Waals surface area contributed by atoms with Gasteiger partial charge in [-0.2, -0.15) is 18.7 Å². The van der Waals surface area contributed by atoms with Gasteiger partial charge in [-0.05, 0) is 4.98 Å². The molecular weight excluding hydrogens is 494 g/mol. The fourth-order valence-electron chi connectivity index (χ4n) is 3.79. The second-order valence-corrected chi connectivity index (χ2v) is 10.5. The van der Waals surface area contributed by atoms with Crippen molar-refractivity contribution < 1.29 is 29.4 Å². The summed E-state index contributed by atoms with van der Waals surface area (Å²) in [5, 5.41) is 24.1. The van der Waals surface area contributed by atoms with Crippen molar-refractivity contribution in [1.29, 1.82) is 0 Å². The van der Waals surface area contributed by atoms with Crippen LogP contribution in [0.15, 0.2) is 28.4 Å². The average molecular weight is 511 g/mol. The van der Waals surface area contributed by atoms with Crippen molar-refractivity contribution in [1.82, 2.24) is 29.2 Å². The maximum Gasteiger partial charge on any atom is 0.353 e. The summed E-state index contributed by atoms with van der Waals surface area (Å²) in [5.74, 6) is -2.42. The van der Waals surface area contributed by atoms with Crippen molar-refractivity contribution in [3.8, 4) is 0 Å². The van der Waals surface area contributed by atoms with Crippen molar-refractivity contribution in [3.63, 3.8) is 0 Å². The van der Waals surface area contributed by atoms with Crippen LogP contribution in [0.4, 0.5) is 5.13 Å². The fourth-order valence-corrected chi connectivity index (χ4v) is 7.04. The smallest absolute Gasteiger partial charge is 0.353 e. The lowest BCUT2D eigenvalue weighted by atomic mass is 10.0. The van der Waals surface area contributed by atoms with Crippen LogP contribution < -0.4 is 15.7 Å². The number of carbonyl (C=O) groups is 3. The van der Waals surface area contributed by atoms with Crippen LogP contribution in [0.2, 0.25) is 0 Å². The van der Waals surface area contributed by atoms with E-state index in [0.29, 0.717) is 23.7 Å². The Kier molecular flexibility index (Phi) is 5.45. The number of carbonyl (C=O) groups excluding carboxylic acids is 2. The Morgan fingerprint density at radius 1 is 1.42 bits per heavy atom. The molecule has 0 unspecified atom stereocenters. The zero-order valence-corrected chi connectivity index (χ0v) is 19.0. The molecule has 5 N–H and O–H groups in total. The number of β-lactam (4-membered cyclic amide) rings is 1. The number of hydrogen-bond acceptors (Lipinski definition) is 12. The number of carboxylic acids is 1. The Morgan fingerprint density at radius 3 is 2.91 bits per heavy atom. The van der Waals surface area contributed by atoms with Crippen molar-refractivity contribution in [2.75, 3.05) is 11.5 Å². The van der Waals surface area contributed by atoms with Crippen LogP contribution in [0.5, 0.6) is 0 Å². The number of aliphatic carboxylic acids is 1. The predicted octanol–water partition coefficient (Wildman–Crippen LogP) is -1.71. The molecule has 2 aromatic heterocycles. The number of nitrogens with zero attached hydrogens (tertiary/aromatic N) is 7. The largest absolute Gasteiger partial charge is 0.477 e. The second-order valence-electron chi connectivity index (χ2n) is 7.21. The minimum absolute atomic E-state index is 0.0658. The molecule has 5 heterocycles. The van der Waals surface area contributed by atoms with Crippen molar-refractivity contribution >= 4 is 63.7 Å². The van der Waals surface area contributed by atoms with Gasteiger partial charge in [0, 0.05) is 22.2 Å². The Hall–Kier alpha value is -3.18. The van der Waals surface area contributed by atoms with Gasteiger partial charge in [-0.1, -0.05) is 5.16 Å². The highest BCUT2D eigenvalue weighted by Gasteiger charge is 2.55. The van der Waals surface area contributed by atoms with Crippen LogP contribution in [-0.4, -0.2) is 80.2 Å². The van der Waals surface area contributed by atoms with E-state index in [9.17, 15) is 24.7 Å². The molecule has 33 heavy (non-hydrogen) atoms. The molecule has 5 rings (SSSR count). The highest BCUT2D eigenvalue weighted by molar-refractivity contribution is 8.06. The van der Waals surface area contributed by atoms with E-state index < -0.39 is 34.9 Å². The number of hydrogen-bond donors (Lipinski definition) is 4. The molecule has 2 atom stereocenters. The van der Waals surface area contributed by atoms with Gasteiger partial charge in [0.25, 0.3) is 11.8 Å². The highest BCUT2D eigenvalue weighted by atomic mass is 32.2. The third-order valence-corrected chi connectivity index (χ3v) is 8.47. The highest BCUT2D eigenvalue weighted by Crippen LogP contribution is 2.44. The van der Waals surface area contributed by atoms with Gasteiger partial charge < -0.3 is 21.4 Å². The molecule has 0 bridgehead atoms. The molecule has 0 aromatic carbocycles. The van der Waals surface area contributed by atoms with Crippen LogP contribution in [0.25, 0.3) is 0 Å². The fraction of sp³-hybridized carbons (Fsp3) is 0.375. The lowest BCUT2D eigenvalue weighted by Crippen LogP contribution is -2.71. The third kappa shape index (κ3) is 3.70. The van der Waals surface area contributed by atoms with Crippen molar-refractivity contribution in [3.05, 3.63) is 29.1 Å². The first-order valence-corrected chi connectivity index (χ1v) is 12.2. The molecule has 0 aliphatic carbocycles. The standard InChI is InChI=1S/C16H15N9O5S3/c17-16-20-11(22-33-16)8(21-30)12(26)19-9-13(27)25-10(15(28)29)7(3-31-14(9)25)32-6-1-23-4-18-5-24(23)2-6/h4-6,9,14H,1-3H2,(H4-,17,19,20,22,26,28,29,30)/p+1/t9-,14-/m1/s1. The number of nitrogens with two attached hydrogens (primary N) is 1. The van der Waals surface area contributed by atoms with Crippen LogP contribution in [0.1, 0.15) is 5.82 Å². The summed E-state index contributed by atoms with van der Waals surface area (Å²) in [6.45, 7) is 1.36. The molecule has 14 nitrogen and oxygen atoms in total. The van der Waals surface area contributed by atoms with E-state index in [1.54, 1.807) is 12.7 Å². The predicted molar refractivity (Wildman–Crippen MR) is 116 cm³/mol. The zero-order chi connectivity index (χ0) is 23.3. The summed E-state index contributed by atoms with van der Waals surface area (Å²) < 4.78 is 7.72. The molecule has 172 valence electrons. The number of aromatic nitrogens is 5. The first-order chi connectivity index (χ1) is 15.9. The number of nitrogens with one attached hydrogen (secondary N) is 1. The van der Waals surface area contributed by atoms with Gasteiger partial charge in [-0.3, -0.25) is 14.5 Å². The third-order valence-electron chi connectivity index (χ3n) is 5.21. The van der Waals surface area contributed by atoms with Crippen molar-refractivity contribution in [2.24, 2.45) is 5.16 Å². The number of rotatable bonds is 6. The average Bonchev–Trinajstić information content (AvgIpc) is 3.49. The summed E-state index contributed by atoms with van der Waals surface area (Å²) >= 11 is 3.62. The molecule has 3 aliphatic rings. The number of oxime groups is 1. The topological polar surface area (TPSA) is 193 Å². The molecule has 3 aliphatic heterocycles. The number of fused-ring (bicyclic) bond motifs is 2. The number of thioether (sulfide) groups is 2. The Labute approximate surface area is 197 Å². The van der Waals surface area contributed by atoms with Crippen LogP contribution in [-0.2, 0) is 27.5 Å². The molecule has 1 saturated heterocycles. The van der Waals surface area contributed by atoms with Gasteiger partial charge in [-0.25, -0.2) is 4.79 Å². The quantitative estimate of drug-likeness (QED) is 0.114. The van der Waals surface area contributed by atoms with Gasteiger partial charge in [0.2, 0.25) is 17.9 Å². The van der Waals surface area contributed by atoms with Crippen LogP contribution in [0.3, 0.4) is 0 Å². The summed E-state index contributed by atoms with van der Waals surface area (Å²) in [5.41, 5.74) is 4.94. The van der Waals surface area contributed by atoms with Gasteiger partial charge >= 0.3 is 12.3 Å². The Morgan fingerprint density at radius 2 is 2.24 bits per heavy atom. The monoisotopic (exact) mass is 510 g/mol. The second kappa shape index (κ2) is 8.31. The number of anilines is 1. The number of amides is 2. The molecule has 0 spiro atoms. The first kappa shape index (κ1) is 21.7. The van der Waals surface area contributed by atoms with Gasteiger partial charge in [0.05, 0.1) is 11.8 Å². The van der Waals surface area contributed by atoms with E-state index in [4.69, 9.17) is 5.73 Å². The number of carboxylic acid groups (broad SMARTS) is 1. The molecule has 0 saturated carbocycles. The molecule has 2 amide bonds. The molecule has 17 heteroatoms. The van der Waals surface area contributed by atoms with Gasteiger partial charge in [-0.15, -0.1) is 23.5 Å². The molecule has 0 radical (unpaired) electrons. The van der Waals surface area contributed by atoms with E-state index in [0.717, 1.165) is 11.5 Å². The first-order valence-electron chi connectivity index (χ1n) is 9.47. The minimum atomic E-state index is -1.20. The zero-order valence-electron chi connectivity index (χ0n) is 16.6. The van der Waals surface area contributed by atoms with E-state index in [1.165, 1.54) is 28.4 Å². The molecular formula is C16H16N9O5S3+. The molecule has 1 fully saturated rings. The number of nitrogen functional groups attached to an aromatic ring is 1. The normalized spacial score (nSPS) is 24.4. The van der Waals surface area contributed by atoms with Crippen molar-refractivity contribution in [2.45, 2.75) is 29.8 Å². The van der Waals surface area contributed by atoms with E-state index >= 15 is 0 Å². The Bertz CT molecular complexity index is 1200. The summed E-state index contributed by atoms with van der Waals surface area (Å²) in [7, 11) is 0. The molecule has 2 aromatic rings. The lowest BCUT2D eigenvalue weighted by Gasteiger charge is -2.49. The SMILES string of the molecule is Nc1nc(/C(=N/O)C(=O)N[C@@H]2C(=O)N3C(C(=O)O)=C(SC4Cn5cnc[n+]5C4)CS[C@H]23)ns1. The van der Waals surface area contributed by atoms with Gasteiger partial charge in [0.1, 0.15) is 23.7 Å². The summed E-state index contributed by atoms with van der Waals surface area (Å²) in [4.78, 5) is 47.1. The van der Waals surface area contributed by atoms with Gasteiger partial charge in [0.15, 0.2) is 5.13 Å². The lowest BCUT2D eigenvalue weighted by molar-refractivity contribution is -0.758. The summed E-state index contributed by atoms with van der Waals surface area (Å²) in [6.07, 6.45) is 3.43. The van der Waals surface area contributed by atoms with Crippen LogP contribution >= 0.6 is 35.1 Å². The maximum absolute atomic E-state index is 12.8. The minimum Gasteiger partial charge on any atom is -0.477 e.